The molecule has 18 heavy (non-hydrogen) atoms. The van der Waals surface area contributed by atoms with E-state index in [-0.39, 0.29) is 29.2 Å². The largest absolute Gasteiger partial charge is 0.398 e. The summed E-state index contributed by atoms with van der Waals surface area (Å²) in [5, 5.41) is 9.36. The van der Waals surface area contributed by atoms with Crippen LogP contribution in [0.5, 0.6) is 0 Å². The number of rotatable bonds is 2. The Morgan fingerprint density at radius 3 is 2.67 bits per heavy atom. The number of hydrogen-bond acceptors (Lipinski definition) is 4. The number of nitrogens with zero attached hydrogens (tertiary/aromatic N) is 1. The number of aliphatic hydroxyl groups excluding tert-OH is 1. The van der Waals surface area contributed by atoms with E-state index < -0.39 is 21.9 Å². The van der Waals surface area contributed by atoms with Crippen LogP contribution in [0.3, 0.4) is 0 Å². The third-order valence-electron chi connectivity index (χ3n) is 3.12. The van der Waals surface area contributed by atoms with Crippen LogP contribution in [0.4, 0.5) is 10.1 Å². The molecule has 0 saturated carbocycles. The number of aliphatic hydroxyl groups is 1. The number of nitrogens with two attached hydrogens (primary N) is 1. The molecule has 3 N–H and O–H groups in total. The lowest BCUT2D eigenvalue weighted by molar-refractivity contribution is 0.189. The maximum Gasteiger partial charge on any atom is 0.243 e. The Bertz CT molecular complexity index is 551. The first-order chi connectivity index (χ1) is 8.32. The van der Waals surface area contributed by atoms with E-state index >= 15 is 0 Å². The molecule has 0 unspecified atom stereocenters. The molecule has 1 aliphatic rings. The van der Waals surface area contributed by atoms with Gasteiger partial charge in [0.25, 0.3) is 0 Å². The third-order valence-corrected chi connectivity index (χ3v) is 4.96. The number of anilines is 1. The molecule has 7 heteroatoms. The topological polar surface area (TPSA) is 83.6 Å². The van der Waals surface area contributed by atoms with Crippen LogP contribution in [0, 0.1) is 12.7 Å². The zero-order valence-electron chi connectivity index (χ0n) is 9.93. The summed E-state index contributed by atoms with van der Waals surface area (Å²) in [6.45, 7) is 1.76. The van der Waals surface area contributed by atoms with Crippen molar-refractivity contribution in [1.82, 2.24) is 4.31 Å². The first kappa shape index (κ1) is 13.3. The standard InChI is InChI=1S/C11H15FN2O3S/c1-7-10(12)4-9(5-11(7)13)18(16,17)14-3-2-8(15)6-14/h4-5,8,15H,2-3,6,13H2,1H3/t8-/m0/s1. The SMILES string of the molecule is Cc1c(N)cc(S(=O)(=O)N2CC[C@H](O)C2)cc1F. The van der Waals surface area contributed by atoms with Crippen molar-refractivity contribution < 1.29 is 17.9 Å². The number of benzene rings is 1. The van der Waals surface area contributed by atoms with Crippen LogP contribution in [0.2, 0.25) is 0 Å². The van der Waals surface area contributed by atoms with Gasteiger partial charge in [-0.05, 0) is 25.5 Å². The minimum Gasteiger partial charge on any atom is -0.398 e. The fourth-order valence-electron chi connectivity index (χ4n) is 1.90. The highest BCUT2D eigenvalue weighted by Crippen LogP contribution is 2.25. The Kier molecular flexibility index (Phi) is 3.31. The fourth-order valence-corrected chi connectivity index (χ4v) is 3.44. The van der Waals surface area contributed by atoms with E-state index in [4.69, 9.17) is 5.73 Å². The molecule has 0 aromatic heterocycles. The summed E-state index contributed by atoms with van der Waals surface area (Å²) in [7, 11) is -3.78. The van der Waals surface area contributed by atoms with Crippen molar-refractivity contribution in [2.45, 2.75) is 24.3 Å². The maximum absolute atomic E-state index is 13.5. The van der Waals surface area contributed by atoms with Crippen molar-refractivity contribution >= 4 is 15.7 Å². The van der Waals surface area contributed by atoms with E-state index in [0.29, 0.717) is 6.42 Å². The van der Waals surface area contributed by atoms with Crippen LogP contribution in [0.15, 0.2) is 17.0 Å². The Morgan fingerprint density at radius 2 is 2.17 bits per heavy atom. The highest BCUT2D eigenvalue weighted by molar-refractivity contribution is 7.89. The predicted molar refractivity (Wildman–Crippen MR) is 64.9 cm³/mol. The number of nitrogen functional groups attached to an aromatic ring is 1. The highest BCUT2D eigenvalue weighted by atomic mass is 32.2. The number of sulfonamides is 1. The zero-order valence-corrected chi connectivity index (χ0v) is 10.7. The summed E-state index contributed by atoms with van der Waals surface area (Å²) in [5.41, 5.74) is 5.91. The lowest BCUT2D eigenvalue weighted by atomic mass is 10.2. The molecule has 0 spiro atoms. The van der Waals surface area contributed by atoms with Gasteiger partial charge in [0.1, 0.15) is 5.82 Å². The van der Waals surface area contributed by atoms with Gasteiger partial charge in [-0.3, -0.25) is 0 Å². The molecule has 1 aromatic rings. The minimum atomic E-state index is -3.78. The number of β-amino-alcohol motifs (C(OH)–C–C–N with tert-alkyl or cyclic N) is 1. The molecule has 0 aliphatic carbocycles. The average molecular weight is 274 g/mol. The van der Waals surface area contributed by atoms with E-state index in [0.717, 1.165) is 10.4 Å². The summed E-state index contributed by atoms with van der Waals surface area (Å²) < 4.78 is 39.0. The molecular weight excluding hydrogens is 259 g/mol. The summed E-state index contributed by atoms with van der Waals surface area (Å²) in [5.74, 6) is -0.645. The smallest absolute Gasteiger partial charge is 0.243 e. The molecule has 0 bridgehead atoms. The molecule has 2 rings (SSSR count). The normalized spacial score (nSPS) is 21.4. The Morgan fingerprint density at radius 1 is 1.50 bits per heavy atom. The van der Waals surface area contributed by atoms with Gasteiger partial charge in [0.05, 0.1) is 11.0 Å². The summed E-state index contributed by atoms with van der Waals surface area (Å²) in [6, 6.07) is 2.21. The summed E-state index contributed by atoms with van der Waals surface area (Å²) in [6.07, 6.45) is -0.268. The lowest BCUT2D eigenvalue weighted by Gasteiger charge is -2.16. The van der Waals surface area contributed by atoms with Gasteiger partial charge in [-0.2, -0.15) is 4.31 Å². The van der Waals surface area contributed by atoms with Gasteiger partial charge in [0, 0.05) is 24.3 Å². The molecule has 1 fully saturated rings. The second-order valence-corrected chi connectivity index (χ2v) is 6.36. The molecule has 0 radical (unpaired) electrons. The van der Waals surface area contributed by atoms with E-state index in [1.165, 1.54) is 13.0 Å². The highest BCUT2D eigenvalue weighted by Gasteiger charge is 2.32. The van der Waals surface area contributed by atoms with Crippen molar-refractivity contribution in [2.24, 2.45) is 0 Å². The summed E-state index contributed by atoms with van der Waals surface area (Å²) >= 11 is 0. The van der Waals surface area contributed by atoms with Crippen molar-refractivity contribution in [2.75, 3.05) is 18.8 Å². The van der Waals surface area contributed by atoms with Gasteiger partial charge in [-0.1, -0.05) is 0 Å². The Hall–Kier alpha value is -1.18. The lowest BCUT2D eigenvalue weighted by Crippen LogP contribution is -2.29. The molecule has 5 nitrogen and oxygen atoms in total. The predicted octanol–water partition coefficient (Wildman–Crippen LogP) is 0.472. The number of hydrogen-bond donors (Lipinski definition) is 2. The average Bonchev–Trinajstić information content (AvgIpc) is 2.72. The molecule has 1 aliphatic heterocycles. The van der Waals surface area contributed by atoms with Crippen molar-refractivity contribution in [1.29, 1.82) is 0 Å². The fraction of sp³-hybridized carbons (Fsp3) is 0.455. The molecule has 1 saturated heterocycles. The Balaban J connectivity index is 2.42. The first-order valence-electron chi connectivity index (χ1n) is 5.56. The monoisotopic (exact) mass is 274 g/mol. The van der Waals surface area contributed by atoms with Crippen molar-refractivity contribution in [3.63, 3.8) is 0 Å². The van der Waals surface area contributed by atoms with Crippen LogP contribution >= 0.6 is 0 Å². The second-order valence-electron chi connectivity index (χ2n) is 4.42. The van der Waals surface area contributed by atoms with Gasteiger partial charge in [0.15, 0.2) is 0 Å². The zero-order chi connectivity index (χ0) is 13.5. The minimum absolute atomic E-state index is 0.0394. The van der Waals surface area contributed by atoms with Crippen LogP contribution in [0.25, 0.3) is 0 Å². The quantitative estimate of drug-likeness (QED) is 0.768. The molecule has 1 heterocycles. The van der Waals surface area contributed by atoms with Gasteiger partial charge >= 0.3 is 0 Å². The van der Waals surface area contributed by atoms with E-state index in [1.54, 1.807) is 0 Å². The van der Waals surface area contributed by atoms with Gasteiger partial charge < -0.3 is 10.8 Å². The van der Waals surface area contributed by atoms with Gasteiger partial charge in [0.2, 0.25) is 10.0 Å². The molecule has 100 valence electrons. The van der Waals surface area contributed by atoms with Crippen LogP contribution in [0.1, 0.15) is 12.0 Å². The molecule has 1 aromatic carbocycles. The van der Waals surface area contributed by atoms with Crippen molar-refractivity contribution in [3.8, 4) is 0 Å². The van der Waals surface area contributed by atoms with Crippen LogP contribution in [-0.4, -0.2) is 37.0 Å². The van der Waals surface area contributed by atoms with Crippen LogP contribution in [-0.2, 0) is 10.0 Å². The van der Waals surface area contributed by atoms with Crippen LogP contribution < -0.4 is 5.73 Å². The van der Waals surface area contributed by atoms with Gasteiger partial charge in [-0.25, -0.2) is 12.8 Å². The summed E-state index contributed by atoms with van der Waals surface area (Å²) in [4.78, 5) is -0.169. The van der Waals surface area contributed by atoms with E-state index in [2.05, 4.69) is 0 Å². The number of halogens is 1. The molecule has 1 atom stereocenters. The Labute approximate surface area is 105 Å². The maximum atomic E-state index is 13.5. The van der Waals surface area contributed by atoms with Crippen molar-refractivity contribution in [3.05, 3.63) is 23.5 Å². The third kappa shape index (κ3) is 2.21. The molecule has 0 amide bonds. The van der Waals surface area contributed by atoms with Gasteiger partial charge in [-0.15, -0.1) is 0 Å². The molecular formula is C11H15FN2O3S. The van der Waals surface area contributed by atoms with E-state index in [1.807, 2.05) is 0 Å². The second kappa shape index (κ2) is 4.49. The first-order valence-corrected chi connectivity index (χ1v) is 7.00. The van der Waals surface area contributed by atoms with E-state index in [9.17, 15) is 17.9 Å².